The zero-order valence-corrected chi connectivity index (χ0v) is 12.7. The van der Waals surface area contributed by atoms with Crippen LogP contribution in [0.4, 0.5) is 0 Å². The molecule has 0 spiro atoms. The molecular formula is C12H13O3PS2. The van der Waals surface area contributed by atoms with Gasteiger partial charge < -0.3 is 9.05 Å². The molecule has 0 saturated heterocycles. The Morgan fingerprint density at radius 3 is 2.50 bits per heavy atom. The highest BCUT2D eigenvalue weighted by Crippen LogP contribution is 2.50. The average Bonchev–Trinajstić information content (AvgIpc) is 3.00. The summed E-state index contributed by atoms with van der Waals surface area (Å²) in [5, 5.41) is 6.64. The maximum Gasteiger partial charge on any atom is 0.362 e. The summed E-state index contributed by atoms with van der Waals surface area (Å²) in [6.07, 6.45) is 0. The third-order valence-electron chi connectivity index (χ3n) is 2.18. The molecule has 0 bridgehead atoms. The molecule has 0 saturated carbocycles. The molecule has 0 fully saturated rings. The maximum atomic E-state index is 12.7. The van der Waals surface area contributed by atoms with Gasteiger partial charge in [-0.2, -0.15) is 0 Å². The number of rotatable bonds is 6. The van der Waals surface area contributed by atoms with Gasteiger partial charge >= 0.3 is 7.60 Å². The quantitative estimate of drug-likeness (QED) is 0.757. The smallest absolute Gasteiger partial charge is 0.305 e. The van der Waals surface area contributed by atoms with E-state index in [9.17, 15) is 4.57 Å². The Labute approximate surface area is 115 Å². The third kappa shape index (κ3) is 2.76. The van der Waals surface area contributed by atoms with Crippen molar-refractivity contribution in [2.75, 3.05) is 13.2 Å². The Kier molecular flexibility index (Phi) is 4.76. The van der Waals surface area contributed by atoms with Crippen LogP contribution in [0.5, 0.6) is 0 Å². The van der Waals surface area contributed by atoms with Crippen LogP contribution in [0.2, 0.25) is 0 Å². The van der Waals surface area contributed by atoms with Gasteiger partial charge in [0.1, 0.15) is 0 Å². The summed E-state index contributed by atoms with van der Waals surface area (Å²) in [5.41, 5.74) is 0. The molecule has 2 radical (unpaired) electrons. The van der Waals surface area contributed by atoms with Crippen molar-refractivity contribution >= 4 is 35.6 Å². The molecule has 0 aliphatic rings. The van der Waals surface area contributed by atoms with E-state index in [2.05, 4.69) is 10.8 Å². The highest BCUT2D eigenvalue weighted by molar-refractivity contribution is 7.63. The highest BCUT2D eigenvalue weighted by Gasteiger charge is 2.31. The zero-order valence-electron chi connectivity index (χ0n) is 10.1. The Morgan fingerprint density at radius 1 is 1.22 bits per heavy atom. The SMILES string of the molecule is CCOP(=O)(OCC)c1c[c]sc1-c1cc[c]s1. The first-order chi connectivity index (χ1) is 8.71. The lowest BCUT2D eigenvalue weighted by molar-refractivity contribution is 0.230. The van der Waals surface area contributed by atoms with Crippen LogP contribution >= 0.6 is 30.3 Å². The van der Waals surface area contributed by atoms with E-state index in [-0.39, 0.29) is 0 Å². The molecule has 0 unspecified atom stereocenters. The molecule has 0 aliphatic carbocycles. The Hall–Kier alpha value is -0.450. The largest absolute Gasteiger partial charge is 0.362 e. The Balaban J connectivity index is 2.43. The average molecular weight is 300 g/mol. The van der Waals surface area contributed by atoms with Crippen molar-refractivity contribution in [2.24, 2.45) is 0 Å². The maximum absolute atomic E-state index is 12.7. The minimum absolute atomic E-state index is 0.350. The van der Waals surface area contributed by atoms with Crippen LogP contribution in [0.1, 0.15) is 13.8 Å². The van der Waals surface area contributed by atoms with E-state index < -0.39 is 7.60 Å². The van der Waals surface area contributed by atoms with Crippen LogP contribution in [0.25, 0.3) is 9.75 Å². The summed E-state index contributed by atoms with van der Waals surface area (Å²) in [4.78, 5) is 1.90. The second kappa shape index (κ2) is 6.13. The Morgan fingerprint density at radius 2 is 1.94 bits per heavy atom. The van der Waals surface area contributed by atoms with Crippen LogP contribution in [-0.4, -0.2) is 13.2 Å². The van der Waals surface area contributed by atoms with Gasteiger partial charge in [0.25, 0.3) is 0 Å². The summed E-state index contributed by atoms with van der Waals surface area (Å²) in [6.45, 7) is 4.31. The molecular weight excluding hydrogens is 287 g/mol. The van der Waals surface area contributed by atoms with E-state index in [0.29, 0.717) is 18.5 Å². The first kappa shape index (κ1) is 14.0. The summed E-state index contributed by atoms with van der Waals surface area (Å²) in [5.74, 6) is 0. The summed E-state index contributed by atoms with van der Waals surface area (Å²) < 4.78 is 23.5. The molecule has 96 valence electrons. The molecule has 6 heteroatoms. The first-order valence-electron chi connectivity index (χ1n) is 5.57. The van der Waals surface area contributed by atoms with Crippen molar-refractivity contribution in [1.29, 1.82) is 0 Å². The second-order valence-electron chi connectivity index (χ2n) is 3.33. The standard InChI is InChI=1S/C12H13O3PS2/c1-3-14-16(13,15-4-2)10-7-9-18-12(10)11-6-5-8-17-11/h5-7H,3-4H2,1-2H3. The van der Waals surface area contributed by atoms with Crippen molar-refractivity contribution in [1.82, 2.24) is 0 Å². The van der Waals surface area contributed by atoms with Crippen LogP contribution in [0.3, 0.4) is 0 Å². The first-order valence-corrected chi connectivity index (χ1v) is 8.74. The fourth-order valence-electron chi connectivity index (χ4n) is 1.52. The van der Waals surface area contributed by atoms with Gasteiger partial charge in [-0.1, -0.05) is 0 Å². The monoisotopic (exact) mass is 300 g/mol. The predicted octanol–water partition coefficient (Wildman–Crippen LogP) is 3.97. The molecule has 3 nitrogen and oxygen atoms in total. The molecule has 2 heterocycles. The lowest BCUT2D eigenvalue weighted by Crippen LogP contribution is -2.10. The van der Waals surface area contributed by atoms with Crippen LogP contribution in [-0.2, 0) is 13.6 Å². The number of hydrogen-bond acceptors (Lipinski definition) is 5. The van der Waals surface area contributed by atoms with Gasteiger partial charge in [0.15, 0.2) is 0 Å². The lowest BCUT2D eigenvalue weighted by atomic mass is 10.4. The van der Waals surface area contributed by atoms with Gasteiger partial charge in [0.2, 0.25) is 0 Å². The molecule has 2 aromatic heterocycles. The van der Waals surface area contributed by atoms with E-state index in [0.717, 1.165) is 9.75 Å². The lowest BCUT2D eigenvalue weighted by Gasteiger charge is -2.17. The molecule has 2 aromatic rings. The molecule has 18 heavy (non-hydrogen) atoms. The molecule has 2 rings (SSSR count). The zero-order chi connectivity index (χ0) is 13.0. The van der Waals surface area contributed by atoms with E-state index in [1.807, 2.05) is 12.1 Å². The molecule has 0 amide bonds. The molecule has 0 atom stereocenters. The minimum atomic E-state index is -3.23. The predicted molar refractivity (Wildman–Crippen MR) is 75.8 cm³/mol. The van der Waals surface area contributed by atoms with Crippen LogP contribution in [0, 0.1) is 10.8 Å². The fourth-order valence-corrected chi connectivity index (χ4v) is 5.26. The third-order valence-corrected chi connectivity index (χ3v) is 6.29. The van der Waals surface area contributed by atoms with E-state index in [1.54, 1.807) is 19.9 Å². The van der Waals surface area contributed by atoms with E-state index in [4.69, 9.17) is 9.05 Å². The van der Waals surface area contributed by atoms with Crippen LogP contribution < -0.4 is 5.30 Å². The topological polar surface area (TPSA) is 35.5 Å². The number of thiophene rings is 2. The highest BCUT2D eigenvalue weighted by atomic mass is 32.1. The van der Waals surface area contributed by atoms with Crippen molar-refractivity contribution in [2.45, 2.75) is 13.8 Å². The summed E-state index contributed by atoms with van der Waals surface area (Å²) in [7, 11) is -3.23. The van der Waals surface area contributed by atoms with Crippen molar-refractivity contribution in [3.8, 4) is 9.75 Å². The summed E-state index contributed by atoms with van der Waals surface area (Å²) in [6, 6.07) is 5.48. The van der Waals surface area contributed by atoms with Gasteiger partial charge in [-0.25, -0.2) is 0 Å². The van der Waals surface area contributed by atoms with Gasteiger partial charge in [0.05, 0.1) is 23.4 Å². The van der Waals surface area contributed by atoms with Gasteiger partial charge in [-0.3, -0.25) is 4.57 Å². The molecule has 0 N–H and O–H groups in total. The molecule has 0 aliphatic heterocycles. The van der Waals surface area contributed by atoms with Crippen LogP contribution in [0.15, 0.2) is 18.2 Å². The van der Waals surface area contributed by atoms with Gasteiger partial charge in [0, 0.05) is 15.6 Å². The van der Waals surface area contributed by atoms with Crippen molar-refractivity contribution < 1.29 is 13.6 Å². The Bertz CT molecular complexity index is 523. The fraction of sp³-hybridized carbons (Fsp3) is 0.333. The molecule has 0 aromatic carbocycles. The van der Waals surface area contributed by atoms with E-state index >= 15 is 0 Å². The van der Waals surface area contributed by atoms with Gasteiger partial charge in [-0.05, 0) is 32.0 Å². The van der Waals surface area contributed by atoms with Crippen molar-refractivity contribution in [3.63, 3.8) is 0 Å². The van der Waals surface area contributed by atoms with Crippen molar-refractivity contribution in [3.05, 3.63) is 29.0 Å². The normalized spacial score (nSPS) is 11.9. The minimum Gasteiger partial charge on any atom is -0.305 e. The second-order valence-corrected chi connectivity index (χ2v) is 7.05. The summed E-state index contributed by atoms with van der Waals surface area (Å²) >= 11 is 2.90. The number of hydrogen-bond donors (Lipinski definition) is 0. The van der Waals surface area contributed by atoms with Gasteiger partial charge in [-0.15, -0.1) is 22.7 Å². The van der Waals surface area contributed by atoms with E-state index in [1.165, 1.54) is 22.7 Å².